The van der Waals surface area contributed by atoms with Gasteiger partial charge in [0.2, 0.25) is 0 Å². The molecule has 0 saturated heterocycles. The number of hydrogen-bond donors (Lipinski definition) is 2. The summed E-state index contributed by atoms with van der Waals surface area (Å²) in [4.78, 5) is 4.41. The van der Waals surface area contributed by atoms with Gasteiger partial charge >= 0.3 is 0 Å². The number of nitrogens with zero attached hydrogens (tertiary/aromatic N) is 1. The van der Waals surface area contributed by atoms with E-state index in [1.54, 1.807) is 14.2 Å². The van der Waals surface area contributed by atoms with Crippen LogP contribution < -0.4 is 15.4 Å². The van der Waals surface area contributed by atoms with Crippen LogP contribution in [0.2, 0.25) is 0 Å². The summed E-state index contributed by atoms with van der Waals surface area (Å²) in [5, 5.41) is 6.98. The van der Waals surface area contributed by atoms with Gasteiger partial charge in [-0.1, -0.05) is 42.5 Å². The Morgan fingerprint density at radius 2 is 1.96 bits per heavy atom. The molecule has 144 valence electrons. The third kappa shape index (κ3) is 5.01. The molecule has 5 nitrogen and oxygen atoms in total. The highest BCUT2D eigenvalue weighted by atomic mass is 16.5. The van der Waals surface area contributed by atoms with Crippen LogP contribution in [-0.2, 0) is 17.9 Å². The number of methoxy groups -OCH3 is 1. The lowest BCUT2D eigenvalue weighted by Gasteiger charge is -2.38. The highest BCUT2D eigenvalue weighted by molar-refractivity contribution is 5.80. The van der Waals surface area contributed by atoms with Crippen molar-refractivity contribution in [2.45, 2.75) is 45.1 Å². The van der Waals surface area contributed by atoms with Crippen molar-refractivity contribution in [3.8, 4) is 5.75 Å². The quantitative estimate of drug-likeness (QED) is 0.623. The summed E-state index contributed by atoms with van der Waals surface area (Å²) in [5.74, 6) is 1.72. The lowest BCUT2D eigenvalue weighted by Crippen LogP contribution is -2.45. The van der Waals surface area contributed by atoms with Crippen LogP contribution in [-0.4, -0.2) is 25.7 Å². The molecule has 1 heterocycles. The Kier molecular flexibility index (Phi) is 6.01. The van der Waals surface area contributed by atoms with E-state index < -0.39 is 0 Å². The highest BCUT2D eigenvalue weighted by Crippen LogP contribution is 2.39. The lowest BCUT2D eigenvalue weighted by atomic mass is 9.90. The van der Waals surface area contributed by atoms with Crippen LogP contribution in [0, 0.1) is 0 Å². The van der Waals surface area contributed by atoms with Crippen molar-refractivity contribution in [1.82, 2.24) is 10.6 Å². The van der Waals surface area contributed by atoms with Crippen LogP contribution in [0.25, 0.3) is 0 Å². The number of fused-ring (bicyclic) bond motifs is 1. The van der Waals surface area contributed by atoms with E-state index >= 15 is 0 Å². The largest absolute Gasteiger partial charge is 0.487 e. The fraction of sp³-hybridized carbons (Fsp3) is 0.409. The monoisotopic (exact) mass is 367 g/mol. The molecule has 2 aromatic rings. The topological polar surface area (TPSA) is 54.9 Å². The zero-order valence-electron chi connectivity index (χ0n) is 16.6. The second-order valence-electron chi connectivity index (χ2n) is 7.48. The van der Waals surface area contributed by atoms with Crippen molar-refractivity contribution < 1.29 is 9.47 Å². The average Bonchev–Trinajstić information content (AvgIpc) is 2.64. The summed E-state index contributed by atoms with van der Waals surface area (Å²) in [5.41, 5.74) is 3.31. The van der Waals surface area contributed by atoms with Gasteiger partial charge in [-0.15, -0.1) is 0 Å². The maximum atomic E-state index is 6.12. The summed E-state index contributed by atoms with van der Waals surface area (Å²) in [6.07, 6.45) is 0.869. The van der Waals surface area contributed by atoms with Crippen LogP contribution in [0.5, 0.6) is 5.75 Å². The maximum Gasteiger partial charge on any atom is 0.191 e. The van der Waals surface area contributed by atoms with E-state index in [2.05, 4.69) is 59.8 Å². The molecule has 1 aliphatic rings. The number of para-hydroxylation sites is 1. The van der Waals surface area contributed by atoms with E-state index in [9.17, 15) is 0 Å². The standard InChI is InChI=1S/C22H29N3O2/c1-22(2)13-19(18-10-5-6-11-20(18)27-22)25-21(23-3)24-14-16-8-7-9-17(12-16)15-26-4/h5-12,19H,13-15H2,1-4H3,(H2,23,24,25). The molecular weight excluding hydrogens is 338 g/mol. The van der Waals surface area contributed by atoms with Crippen molar-refractivity contribution >= 4 is 5.96 Å². The Morgan fingerprint density at radius 1 is 1.19 bits per heavy atom. The third-order valence-corrected chi connectivity index (χ3v) is 4.67. The SMILES string of the molecule is CN=C(NCc1cccc(COC)c1)NC1CC(C)(C)Oc2ccccc21. The van der Waals surface area contributed by atoms with Crippen LogP contribution in [0.3, 0.4) is 0 Å². The molecule has 0 radical (unpaired) electrons. The zero-order valence-corrected chi connectivity index (χ0v) is 16.6. The van der Waals surface area contributed by atoms with Crippen molar-refractivity contribution in [2.24, 2.45) is 4.99 Å². The van der Waals surface area contributed by atoms with Gasteiger partial charge in [0, 0.05) is 32.7 Å². The summed E-state index contributed by atoms with van der Waals surface area (Å²) in [6, 6.07) is 16.7. The average molecular weight is 367 g/mol. The molecule has 1 unspecified atom stereocenters. The maximum absolute atomic E-state index is 6.12. The minimum Gasteiger partial charge on any atom is -0.487 e. The molecule has 0 spiro atoms. The first-order valence-corrected chi connectivity index (χ1v) is 9.32. The normalized spacial score (nSPS) is 18.4. The molecule has 0 amide bonds. The smallest absolute Gasteiger partial charge is 0.191 e. The second-order valence-corrected chi connectivity index (χ2v) is 7.48. The van der Waals surface area contributed by atoms with E-state index in [0.717, 1.165) is 18.1 Å². The molecule has 2 aromatic carbocycles. The van der Waals surface area contributed by atoms with Gasteiger partial charge in [0.05, 0.1) is 12.6 Å². The molecule has 0 aromatic heterocycles. The Bertz CT molecular complexity index is 802. The minimum absolute atomic E-state index is 0.149. The number of aliphatic imine (C=N–C) groups is 1. The lowest BCUT2D eigenvalue weighted by molar-refractivity contribution is 0.0694. The first kappa shape index (κ1) is 19.2. The number of rotatable bonds is 5. The first-order chi connectivity index (χ1) is 13.0. The number of guanidine groups is 1. The zero-order chi connectivity index (χ0) is 19.3. The van der Waals surface area contributed by atoms with Gasteiger partial charge < -0.3 is 20.1 Å². The van der Waals surface area contributed by atoms with E-state index in [1.165, 1.54) is 16.7 Å². The van der Waals surface area contributed by atoms with E-state index in [4.69, 9.17) is 9.47 Å². The molecule has 5 heteroatoms. The van der Waals surface area contributed by atoms with Gasteiger partial charge in [0.1, 0.15) is 11.4 Å². The van der Waals surface area contributed by atoms with Crippen LogP contribution in [0.15, 0.2) is 53.5 Å². The van der Waals surface area contributed by atoms with Crippen molar-refractivity contribution in [1.29, 1.82) is 0 Å². The van der Waals surface area contributed by atoms with Gasteiger partial charge in [0.15, 0.2) is 5.96 Å². The first-order valence-electron chi connectivity index (χ1n) is 9.32. The van der Waals surface area contributed by atoms with Gasteiger partial charge in [0.25, 0.3) is 0 Å². The summed E-state index contributed by atoms with van der Waals surface area (Å²) in [6.45, 7) is 5.56. The van der Waals surface area contributed by atoms with Gasteiger partial charge in [-0.25, -0.2) is 0 Å². The van der Waals surface area contributed by atoms with Crippen LogP contribution in [0.1, 0.15) is 43.0 Å². The van der Waals surface area contributed by atoms with Crippen LogP contribution in [0.4, 0.5) is 0 Å². The fourth-order valence-corrected chi connectivity index (χ4v) is 3.47. The van der Waals surface area contributed by atoms with Gasteiger partial charge in [-0.2, -0.15) is 0 Å². The summed E-state index contributed by atoms with van der Waals surface area (Å²) >= 11 is 0. The number of ether oxygens (including phenoxy) is 2. The molecule has 0 aliphatic carbocycles. The van der Waals surface area contributed by atoms with Gasteiger partial charge in [-0.3, -0.25) is 4.99 Å². The molecule has 0 bridgehead atoms. The predicted molar refractivity (Wildman–Crippen MR) is 109 cm³/mol. The van der Waals surface area contributed by atoms with Crippen molar-refractivity contribution in [2.75, 3.05) is 14.2 Å². The molecule has 1 atom stereocenters. The van der Waals surface area contributed by atoms with Crippen molar-refractivity contribution in [3.05, 3.63) is 65.2 Å². The predicted octanol–water partition coefficient (Wildman–Crippen LogP) is 3.80. The molecule has 0 saturated carbocycles. The molecular formula is C22H29N3O2. The summed E-state index contributed by atoms with van der Waals surface area (Å²) < 4.78 is 11.3. The van der Waals surface area contributed by atoms with Crippen molar-refractivity contribution in [3.63, 3.8) is 0 Å². The molecule has 2 N–H and O–H groups in total. The minimum atomic E-state index is -0.223. The van der Waals surface area contributed by atoms with E-state index in [-0.39, 0.29) is 11.6 Å². The summed E-state index contributed by atoms with van der Waals surface area (Å²) in [7, 11) is 3.51. The Balaban J connectivity index is 1.68. The van der Waals surface area contributed by atoms with Gasteiger partial charge in [-0.05, 0) is 31.0 Å². The third-order valence-electron chi connectivity index (χ3n) is 4.67. The Labute approximate surface area is 161 Å². The fourth-order valence-electron chi connectivity index (χ4n) is 3.47. The Morgan fingerprint density at radius 3 is 2.74 bits per heavy atom. The number of benzene rings is 2. The second kappa shape index (κ2) is 8.44. The number of nitrogens with one attached hydrogen (secondary N) is 2. The van der Waals surface area contributed by atoms with E-state index in [0.29, 0.717) is 13.2 Å². The molecule has 1 aliphatic heterocycles. The van der Waals surface area contributed by atoms with Crippen LogP contribution >= 0.6 is 0 Å². The highest BCUT2D eigenvalue weighted by Gasteiger charge is 2.33. The Hall–Kier alpha value is -2.53. The molecule has 3 rings (SSSR count). The van der Waals surface area contributed by atoms with E-state index in [1.807, 2.05) is 18.2 Å². The molecule has 0 fully saturated rings. The molecule has 27 heavy (non-hydrogen) atoms. The number of hydrogen-bond acceptors (Lipinski definition) is 3.